The molecule has 0 radical (unpaired) electrons. The molecule has 0 aromatic carbocycles. The molecular formula is C16H33NO3. The molecule has 0 saturated heterocycles. The maximum atomic E-state index is 9.88. The first kappa shape index (κ1) is 17.9. The minimum absolute atomic E-state index is 0.238. The molecule has 1 aliphatic carbocycles. The van der Waals surface area contributed by atoms with Gasteiger partial charge in [0.05, 0.1) is 32.0 Å². The predicted molar refractivity (Wildman–Crippen MR) is 82.0 cm³/mol. The number of nitrogens with one attached hydrogen (secondary N) is 1. The van der Waals surface area contributed by atoms with Gasteiger partial charge in [0, 0.05) is 12.6 Å². The van der Waals surface area contributed by atoms with Crippen LogP contribution in [0.2, 0.25) is 0 Å². The number of hydrogen-bond donors (Lipinski definition) is 2. The topological polar surface area (TPSA) is 50.7 Å². The van der Waals surface area contributed by atoms with Crippen LogP contribution in [0.25, 0.3) is 0 Å². The molecule has 1 rings (SSSR count). The van der Waals surface area contributed by atoms with Crippen molar-refractivity contribution in [3.05, 3.63) is 0 Å². The molecule has 0 spiro atoms. The van der Waals surface area contributed by atoms with Crippen molar-refractivity contribution in [1.29, 1.82) is 0 Å². The normalized spacial score (nSPS) is 20.2. The quantitative estimate of drug-likeness (QED) is 0.606. The summed E-state index contributed by atoms with van der Waals surface area (Å²) in [4.78, 5) is 0. The second-order valence-electron chi connectivity index (χ2n) is 6.24. The van der Waals surface area contributed by atoms with Gasteiger partial charge in [0.15, 0.2) is 0 Å². The van der Waals surface area contributed by atoms with Gasteiger partial charge in [-0.15, -0.1) is 0 Å². The van der Waals surface area contributed by atoms with Crippen LogP contribution in [0.5, 0.6) is 0 Å². The summed E-state index contributed by atoms with van der Waals surface area (Å²) in [6, 6.07) is 0.495. The molecule has 2 atom stereocenters. The minimum atomic E-state index is -0.430. The van der Waals surface area contributed by atoms with Crippen LogP contribution in [0.1, 0.15) is 52.9 Å². The highest BCUT2D eigenvalue weighted by Crippen LogP contribution is 2.26. The van der Waals surface area contributed by atoms with Gasteiger partial charge in [-0.05, 0) is 39.5 Å². The average molecular weight is 287 g/mol. The molecule has 1 fully saturated rings. The Morgan fingerprint density at radius 2 is 1.80 bits per heavy atom. The first-order valence-corrected chi connectivity index (χ1v) is 8.20. The van der Waals surface area contributed by atoms with Gasteiger partial charge in [-0.1, -0.05) is 19.3 Å². The van der Waals surface area contributed by atoms with Gasteiger partial charge < -0.3 is 19.9 Å². The van der Waals surface area contributed by atoms with Crippen LogP contribution in [-0.4, -0.2) is 49.7 Å². The Bertz CT molecular complexity index is 230. The van der Waals surface area contributed by atoms with Crippen molar-refractivity contribution in [3.63, 3.8) is 0 Å². The van der Waals surface area contributed by atoms with Gasteiger partial charge in [0.2, 0.25) is 0 Å². The maximum absolute atomic E-state index is 9.88. The number of ether oxygens (including phenoxy) is 2. The standard InChI is InChI=1S/C16H33NO3/c1-13(2)20-10-9-19-12-16(18)11-17-14(3)15-7-5-4-6-8-15/h13-18H,4-12H2,1-3H3/t14-,16?/m1/s1. The van der Waals surface area contributed by atoms with Crippen LogP contribution in [-0.2, 0) is 9.47 Å². The van der Waals surface area contributed by atoms with Crippen molar-refractivity contribution in [2.45, 2.75) is 71.1 Å². The largest absolute Gasteiger partial charge is 0.389 e. The second-order valence-corrected chi connectivity index (χ2v) is 6.24. The predicted octanol–water partition coefficient (Wildman–Crippen LogP) is 2.35. The van der Waals surface area contributed by atoms with Crippen LogP contribution in [0.15, 0.2) is 0 Å². The van der Waals surface area contributed by atoms with Crippen molar-refractivity contribution in [3.8, 4) is 0 Å². The van der Waals surface area contributed by atoms with E-state index < -0.39 is 6.10 Å². The monoisotopic (exact) mass is 287 g/mol. The van der Waals surface area contributed by atoms with Crippen molar-refractivity contribution in [2.75, 3.05) is 26.4 Å². The third-order valence-electron chi connectivity index (χ3n) is 4.02. The van der Waals surface area contributed by atoms with E-state index in [2.05, 4.69) is 12.2 Å². The lowest BCUT2D eigenvalue weighted by Crippen LogP contribution is -2.40. The number of aliphatic hydroxyl groups is 1. The zero-order valence-corrected chi connectivity index (χ0v) is 13.4. The fourth-order valence-corrected chi connectivity index (χ4v) is 2.74. The highest BCUT2D eigenvalue weighted by molar-refractivity contribution is 4.76. The summed E-state index contributed by atoms with van der Waals surface area (Å²) in [5.74, 6) is 0.774. The smallest absolute Gasteiger partial charge is 0.0897 e. The fourth-order valence-electron chi connectivity index (χ4n) is 2.74. The molecule has 4 heteroatoms. The van der Waals surface area contributed by atoms with Crippen LogP contribution >= 0.6 is 0 Å². The Balaban J connectivity index is 1.99. The summed E-state index contributed by atoms with van der Waals surface area (Å²) in [6.45, 7) is 8.38. The Morgan fingerprint density at radius 3 is 2.45 bits per heavy atom. The Hall–Kier alpha value is -0.160. The van der Waals surface area contributed by atoms with Crippen molar-refractivity contribution in [1.82, 2.24) is 5.32 Å². The van der Waals surface area contributed by atoms with E-state index in [1.807, 2.05) is 13.8 Å². The van der Waals surface area contributed by atoms with E-state index >= 15 is 0 Å². The van der Waals surface area contributed by atoms with Crippen LogP contribution in [0, 0.1) is 5.92 Å². The molecule has 0 aliphatic heterocycles. The van der Waals surface area contributed by atoms with Crippen LogP contribution in [0.3, 0.4) is 0 Å². The molecule has 0 aromatic heterocycles. The van der Waals surface area contributed by atoms with Crippen molar-refractivity contribution in [2.24, 2.45) is 5.92 Å². The zero-order valence-electron chi connectivity index (χ0n) is 13.4. The third kappa shape index (κ3) is 8.20. The van der Waals surface area contributed by atoms with Crippen LogP contribution in [0.4, 0.5) is 0 Å². The highest BCUT2D eigenvalue weighted by Gasteiger charge is 2.20. The summed E-state index contributed by atoms with van der Waals surface area (Å²) < 4.78 is 10.8. The van der Waals surface area contributed by atoms with Gasteiger partial charge in [-0.3, -0.25) is 0 Å². The second kappa shape index (κ2) is 10.6. The zero-order chi connectivity index (χ0) is 14.8. The van der Waals surface area contributed by atoms with Crippen molar-refractivity contribution >= 4 is 0 Å². The summed E-state index contributed by atoms with van der Waals surface area (Å²) in [6.07, 6.45) is 6.57. The molecule has 2 N–H and O–H groups in total. The highest BCUT2D eigenvalue weighted by atomic mass is 16.5. The molecule has 120 valence electrons. The molecule has 1 aliphatic rings. The summed E-state index contributed by atoms with van der Waals surface area (Å²) >= 11 is 0. The molecule has 20 heavy (non-hydrogen) atoms. The third-order valence-corrected chi connectivity index (χ3v) is 4.02. The van der Waals surface area contributed by atoms with E-state index in [-0.39, 0.29) is 6.10 Å². The van der Waals surface area contributed by atoms with Gasteiger partial charge in [-0.25, -0.2) is 0 Å². The van der Waals surface area contributed by atoms with Crippen LogP contribution < -0.4 is 5.32 Å². The average Bonchev–Trinajstić information content (AvgIpc) is 2.45. The van der Waals surface area contributed by atoms with E-state index in [0.717, 1.165) is 5.92 Å². The van der Waals surface area contributed by atoms with Gasteiger partial charge in [-0.2, -0.15) is 0 Å². The van der Waals surface area contributed by atoms with Crippen molar-refractivity contribution < 1.29 is 14.6 Å². The molecule has 0 bridgehead atoms. The summed E-state index contributed by atoms with van der Waals surface area (Å²) in [7, 11) is 0. The number of rotatable bonds is 10. The molecule has 0 aromatic rings. The molecule has 4 nitrogen and oxygen atoms in total. The Labute approximate surface area is 124 Å². The molecular weight excluding hydrogens is 254 g/mol. The lowest BCUT2D eigenvalue weighted by molar-refractivity contribution is -0.0108. The van der Waals surface area contributed by atoms with E-state index in [0.29, 0.717) is 32.4 Å². The lowest BCUT2D eigenvalue weighted by Gasteiger charge is -2.29. The number of hydrogen-bond acceptors (Lipinski definition) is 4. The van der Waals surface area contributed by atoms with E-state index in [4.69, 9.17) is 9.47 Å². The fraction of sp³-hybridized carbons (Fsp3) is 1.00. The Kier molecular flexibility index (Phi) is 9.44. The van der Waals surface area contributed by atoms with Gasteiger partial charge >= 0.3 is 0 Å². The van der Waals surface area contributed by atoms with Gasteiger partial charge in [0.1, 0.15) is 0 Å². The van der Waals surface area contributed by atoms with E-state index in [1.54, 1.807) is 0 Å². The SMILES string of the molecule is CC(C)OCCOCC(O)CN[C@H](C)C1CCCCC1. The molecule has 1 unspecified atom stereocenters. The first-order chi connectivity index (χ1) is 9.59. The first-order valence-electron chi connectivity index (χ1n) is 8.20. The minimum Gasteiger partial charge on any atom is -0.389 e. The lowest BCUT2D eigenvalue weighted by atomic mass is 9.84. The molecule has 1 saturated carbocycles. The number of aliphatic hydroxyl groups excluding tert-OH is 1. The maximum Gasteiger partial charge on any atom is 0.0897 e. The Morgan fingerprint density at radius 1 is 1.10 bits per heavy atom. The molecule has 0 heterocycles. The summed E-state index contributed by atoms with van der Waals surface area (Å²) in [5.41, 5.74) is 0. The van der Waals surface area contributed by atoms with E-state index in [1.165, 1.54) is 32.1 Å². The van der Waals surface area contributed by atoms with Gasteiger partial charge in [0.25, 0.3) is 0 Å². The molecule has 0 amide bonds. The summed E-state index contributed by atoms with van der Waals surface area (Å²) in [5, 5.41) is 13.3. The van der Waals surface area contributed by atoms with E-state index in [9.17, 15) is 5.11 Å².